The Labute approximate surface area is 367 Å². The molecule has 11 nitrogen and oxygen atoms in total. The van der Waals surface area contributed by atoms with Crippen LogP contribution in [0.1, 0.15) is 162 Å². The van der Waals surface area contributed by atoms with E-state index in [2.05, 4.69) is 122 Å². The van der Waals surface area contributed by atoms with Crippen LogP contribution in [0.25, 0.3) is 0 Å². The highest BCUT2D eigenvalue weighted by Gasteiger charge is 2.27. The molecule has 1 fully saturated rings. The van der Waals surface area contributed by atoms with Crippen LogP contribution in [-0.2, 0) is 52.4 Å². The average Bonchev–Trinajstić information content (AvgIpc) is 3.94. The van der Waals surface area contributed by atoms with Gasteiger partial charge in [-0.3, -0.25) is 9.59 Å². The Hall–Kier alpha value is -3.47. The zero-order valence-electron chi connectivity index (χ0n) is 39.8. The summed E-state index contributed by atoms with van der Waals surface area (Å²) in [5, 5.41) is 0. The van der Waals surface area contributed by atoms with Gasteiger partial charge in [0.1, 0.15) is 33.0 Å². The number of ether oxygens (including phenoxy) is 6. The quantitative estimate of drug-likeness (QED) is 0.0269. The second kappa shape index (κ2) is 37.3. The van der Waals surface area contributed by atoms with E-state index in [1.807, 2.05) is 0 Å². The molecule has 0 aromatic heterocycles. The molecule has 0 N–H and O–H groups in total. The van der Waals surface area contributed by atoms with E-state index in [0.29, 0.717) is 30.9 Å². The Morgan fingerprint density at radius 3 is 1.35 bits per heavy atom. The van der Waals surface area contributed by atoms with Crippen LogP contribution in [0.2, 0.25) is 0 Å². The number of epoxide rings is 1. The van der Waals surface area contributed by atoms with E-state index < -0.39 is 11.9 Å². The molecule has 1 rings (SSSR count). The molecule has 1 aliphatic heterocycles. The smallest absolute Gasteiger partial charge is 0.335 e. The van der Waals surface area contributed by atoms with Crippen molar-refractivity contribution >= 4 is 29.8 Å². The molecule has 5 atom stereocenters. The first kappa shape index (κ1) is 63.2. The van der Waals surface area contributed by atoms with Crippen LogP contribution in [0, 0.1) is 46.8 Å². The van der Waals surface area contributed by atoms with Gasteiger partial charge in [-0.1, -0.05) is 117 Å². The highest BCUT2D eigenvalue weighted by molar-refractivity contribution is 5.87. The maximum Gasteiger partial charge on any atom is 0.335 e. The van der Waals surface area contributed by atoms with Crippen LogP contribution < -0.4 is 0 Å². The lowest BCUT2D eigenvalue weighted by Gasteiger charge is -2.29. The highest BCUT2D eigenvalue weighted by Crippen LogP contribution is 2.34. The SMILES string of the molecule is C.C=C(C)C(=O)OC1CO1.C=CC(=O)OCCOC(=O)C=C.CC(C)CC(C)CC(C)CC(C)C.CCC(=O)OCCOC(=O)CCC(C)(C)CC(C)CC(C)CC(C)C. The van der Waals surface area contributed by atoms with Crippen molar-refractivity contribution in [3.63, 3.8) is 0 Å². The largest absolute Gasteiger partial charge is 0.462 e. The molecular formula is C49H90O11. The molecule has 0 radical (unpaired) electrons. The first-order valence-electron chi connectivity index (χ1n) is 21.7. The van der Waals surface area contributed by atoms with Gasteiger partial charge in [0.2, 0.25) is 6.29 Å². The number of rotatable bonds is 26. The molecule has 0 amide bonds. The molecule has 60 heavy (non-hydrogen) atoms. The molecule has 0 bridgehead atoms. The summed E-state index contributed by atoms with van der Waals surface area (Å²) < 4.78 is 28.4. The summed E-state index contributed by atoms with van der Waals surface area (Å²) in [5.41, 5.74) is 0.537. The molecule has 11 heteroatoms. The summed E-state index contributed by atoms with van der Waals surface area (Å²) in [6.45, 7) is 41.8. The summed E-state index contributed by atoms with van der Waals surface area (Å²) in [7, 11) is 0. The number of hydrogen-bond acceptors (Lipinski definition) is 11. The summed E-state index contributed by atoms with van der Waals surface area (Å²) in [6, 6.07) is 0. The van der Waals surface area contributed by atoms with Crippen LogP contribution in [0.4, 0.5) is 0 Å². The minimum Gasteiger partial charge on any atom is -0.462 e. The van der Waals surface area contributed by atoms with Crippen molar-refractivity contribution in [1.82, 2.24) is 0 Å². The van der Waals surface area contributed by atoms with Gasteiger partial charge in [0.15, 0.2) is 0 Å². The lowest BCUT2D eigenvalue weighted by molar-refractivity contribution is -0.152. The van der Waals surface area contributed by atoms with E-state index in [9.17, 15) is 24.0 Å². The molecule has 0 saturated carbocycles. The maximum absolute atomic E-state index is 11.8. The average molecular weight is 855 g/mol. The van der Waals surface area contributed by atoms with E-state index >= 15 is 0 Å². The number of esters is 5. The fourth-order valence-electron chi connectivity index (χ4n) is 6.86. The van der Waals surface area contributed by atoms with Crippen LogP contribution >= 0.6 is 0 Å². The van der Waals surface area contributed by atoms with E-state index in [1.54, 1.807) is 13.8 Å². The van der Waals surface area contributed by atoms with Gasteiger partial charge < -0.3 is 28.4 Å². The second-order valence-corrected chi connectivity index (χ2v) is 18.1. The van der Waals surface area contributed by atoms with E-state index in [0.717, 1.165) is 60.5 Å². The van der Waals surface area contributed by atoms with Crippen molar-refractivity contribution in [3.05, 3.63) is 37.5 Å². The molecule has 5 unspecified atom stereocenters. The standard InChI is InChI=1S/C21H40O4.C13H28.C8H10O4.C6H8O3.CH4/c1-8-19(22)24-11-12-25-20(23)9-10-21(6,7)15-18(5)14-17(4)13-16(2)3;1-10(2)7-12(5)9-13(6)8-11(3)4;1-3-7(9)11-5-6-12-8(10)4-2;1-4(2)6(7)9-5-3-8-5;/h16-18H,8-15H2,1-7H3;10-13H,7-9H2,1-6H3;3-4H,1-2,5-6H2;5H,1,3H2,2H3;1H4. The van der Waals surface area contributed by atoms with Crippen LogP contribution in [0.3, 0.4) is 0 Å². The molecule has 1 heterocycles. The van der Waals surface area contributed by atoms with Crippen molar-refractivity contribution in [1.29, 1.82) is 0 Å². The monoisotopic (exact) mass is 855 g/mol. The Kier molecular flexibility index (Phi) is 39.3. The third-order valence-corrected chi connectivity index (χ3v) is 8.83. The van der Waals surface area contributed by atoms with E-state index in [1.165, 1.54) is 32.1 Å². The summed E-state index contributed by atoms with van der Waals surface area (Å²) in [4.78, 5) is 54.3. The lowest BCUT2D eigenvalue weighted by Crippen LogP contribution is -2.20. The fourth-order valence-corrected chi connectivity index (χ4v) is 6.86. The number of carbonyl (C=O) groups is 5. The number of hydrogen-bond donors (Lipinski definition) is 0. The van der Waals surface area contributed by atoms with Gasteiger partial charge in [0.05, 0.1) is 0 Å². The molecule has 0 spiro atoms. The van der Waals surface area contributed by atoms with Gasteiger partial charge in [-0.15, -0.1) is 0 Å². The zero-order valence-corrected chi connectivity index (χ0v) is 39.8. The van der Waals surface area contributed by atoms with Gasteiger partial charge in [0, 0.05) is 30.6 Å². The van der Waals surface area contributed by atoms with E-state index in [4.69, 9.17) is 9.47 Å². The predicted molar refractivity (Wildman–Crippen MR) is 244 cm³/mol. The van der Waals surface area contributed by atoms with Crippen molar-refractivity contribution < 1.29 is 52.4 Å². The third kappa shape index (κ3) is 45.6. The maximum atomic E-state index is 11.8. The van der Waals surface area contributed by atoms with Gasteiger partial charge in [0.25, 0.3) is 0 Å². The molecule has 1 aliphatic rings. The highest BCUT2D eigenvalue weighted by atomic mass is 16.8. The Morgan fingerprint density at radius 2 is 1.02 bits per heavy atom. The van der Waals surface area contributed by atoms with Crippen molar-refractivity contribution in [3.8, 4) is 0 Å². The molecule has 0 aromatic carbocycles. The summed E-state index contributed by atoms with van der Waals surface area (Å²) in [6.07, 6.45) is 11.2. The summed E-state index contributed by atoms with van der Waals surface area (Å²) in [5.74, 6) is 3.78. The van der Waals surface area contributed by atoms with Gasteiger partial charge in [-0.2, -0.15) is 0 Å². The van der Waals surface area contributed by atoms with Crippen molar-refractivity contribution in [2.75, 3.05) is 33.0 Å². The van der Waals surface area contributed by atoms with Crippen molar-refractivity contribution in [2.45, 2.75) is 168 Å². The Bertz CT molecular complexity index is 1160. The van der Waals surface area contributed by atoms with Gasteiger partial charge >= 0.3 is 29.8 Å². The second-order valence-electron chi connectivity index (χ2n) is 18.1. The normalized spacial score (nSPS) is 14.7. The van der Waals surface area contributed by atoms with E-state index in [-0.39, 0.29) is 63.5 Å². The third-order valence-electron chi connectivity index (χ3n) is 8.83. The fraction of sp³-hybridized carbons (Fsp3) is 0.776. The van der Waals surface area contributed by atoms with Crippen LogP contribution in [-0.4, -0.2) is 69.2 Å². The molecule has 0 aliphatic carbocycles. The first-order chi connectivity index (χ1) is 27.4. The minimum absolute atomic E-state index is 0. The lowest BCUT2D eigenvalue weighted by atomic mass is 9.77. The molecule has 352 valence electrons. The summed E-state index contributed by atoms with van der Waals surface area (Å²) >= 11 is 0. The predicted octanol–water partition coefficient (Wildman–Crippen LogP) is 11.7. The molecule has 1 saturated heterocycles. The minimum atomic E-state index is -0.537. The number of carbonyl (C=O) groups excluding carboxylic acids is 5. The van der Waals surface area contributed by atoms with Crippen LogP contribution in [0.15, 0.2) is 37.5 Å². The van der Waals surface area contributed by atoms with Gasteiger partial charge in [-0.05, 0) is 98.7 Å². The Balaban J connectivity index is -0.000000377. The van der Waals surface area contributed by atoms with Crippen molar-refractivity contribution in [2.24, 2.45) is 46.8 Å². The first-order valence-corrected chi connectivity index (χ1v) is 21.7. The zero-order chi connectivity index (χ0) is 46.1. The topological polar surface area (TPSA) is 144 Å². The van der Waals surface area contributed by atoms with Crippen LogP contribution in [0.5, 0.6) is 0 Å². The Morgan fingerprint density at radius 1 is 0.650 bits per heavy atom. The van der Waals surface area contributed by atoms with Gasteiger partial charge in [-0.25, -0.2) is 14.4 Å². The molecule has 0 aromatic rings. The molecular weight excluding hydrogens is 765 g/mol.